The smallest absolute Gasteiger partial charge is 0.238 e. The quantitative estimate of drug-likeness (QED) is 0.907. The predicted octanol–water partition coefficient (Wildman–Crippen LogP) is 1.21. The van der Waals surface area contributed by atoms with Gasteiger partial charge in [0, 0.05) is 43.4 Å². The van der Waals surface area contributed by atoms with Crippen LogP contribution in [0.5, 0.6) is 0 Å². The van der Waals surface area contributed by atoms with Gasteiger partial charge in [-0.2, -0.15) is 0 Å². The van der Waals surface area contributed by atoms with Gasteiger partial charge in [-0.25, -0.2) is 13.6 Å². The summed E-state index contributed by atoms with van der Waals surface area (Å²) in [6.07, 6.45) is 0. The number of hydrogen-bond donors (Lipinski definition) is 1. The lowest BCUT2D eigenvalue weighted by molar-refractivity contribution is 0.282. The Kier molecular flexibility index (Phi) is 4.70. The van der Waals surface area contributed by atoms with E-state index in [1.807, 2.05) is 0 Å². The van der Waals surface area contributed by atoms with Gasteiger partial charge in [-0.15, -0.1) is 0 Å². The number of benzene rings is 1. The van der Waals surface area contributed by atoms with Gasteiger partial charge in [0.15, 0.2) is 0 Å². The second-order valence-electron chi connectivity index (χ2n) is 4.82. The highest BCUT2D eigenvalue weighted by atomic mass is 35.5. The van der Waals surface area contributed by atoms with Crippen LogP contribution in [0.4, 0.5) is 5.69 Å². The summed E-state index contributed by atoms with van der Waals surface area (Å²) in [6.45, 7) is 7.97. The SMILES string of the molecule is C=C(Cl)CN1CCN(c2ccc(S(N)(=O)=O)cc2)CC1. The number of hydrogen-bond acceptors (Lipinski definition) is 4. The molecule has 20 heavy (non-hydrogen) atoms. The number of halogens is 1. The van der Waals surface area contributed by atoms with Gasteiger partial charge in [0.2, 0.25) is 10.0 Å². The van der Waals surface area contributed by atoms with Crippen molar-refractivity contribution in [3.63, 3.8) is 0 Å². The van der Waals surface area contributed by atoms with E-state index in [0.29, 0.717) is 11.6 Å². The molecule has 0 spiro atoms. The van der Waals surface area contributed by atoms with Crippen LogP contribution in [-0.4, -0.2) is 46.0 Å². The van der Waals surface area contributed by atoms with E-state index in [1.54, 1.807) is 12.1 Å². The highest BCUT2D eigenvalue weighted by Gasteiger charge is 2.17. The highest BCUT2D eigenvalue weighted by molar-refractivity contribution is 7.89. The summed E-state index contributed by atoms with van der Waals surface area (Å²) in [4.78, 5) is 4.59. The highest BCUT2D eigenvalue weighted by Crippen LogP contribution is 2.19. The molecule has 1 aromatic rings. The van der Waals surface area contributed by atoms with Crippen molar-refractivity contribution in [1.82, 2.24) is 4.90 Å². The Morgan fingerprint density at radius 2 is 1.75 bits per heavy atom. The van der Waals surface area contributed by atoms with Crippen LogP contribution in [0.2, 0.25) is 0 Å². The summed E-state index contributed by atoms with van der Waals surface area (Å²) in [5, 5.41) is 5.73. The first kappa shape index (κ1) is 15.3. The van der Waals surface area contributed by atoms with Crippen molar-refractivity contribution in [3.05, 3.63) is 35.9 Å². The number of anilines is 1. The van der Waals surface area contributed by atoms with Gasteiger partial charge in [-0.3, -0.25) is 4.90 Å². The average molecular weight is 316 g/mol. The minimum Gasteiger partial charge on any atom is -0.369 e. The second kappa shape index (κ2) is 6.13. The Morgan fingerprint density at radius 1 is 1.20 bits per heavy atom. The van der Waals surface area contributed by atoms with Crippen LogP contribution in [0, 0.1) is 0 Å². The van der Waals surface area contributed by atoms with E-state index in [1.165, 1.54) is 12.1 Å². The summed E-state index contributed by atoms with van der Waals surface area (Å²) >= 11 is 5.81. The van der Waals surface area contributed by atoms with Gasteiger partial charge in [0.25, 0.3) is 0 Å². The minimum absolute atomic E-state index is 0.137. The maximum atomic E-state index is 11.2. The van der Waals surface area contributed by atoms with Gasteiger partial charge in [0.05, 0.1) is 4.90 Å². The standard InChI is InChI=1S/C13H18ClN3O2S/c1-11(14)10-16-6-8-17(9-7-16)12-2-4-13(5-3-12)20(15,18)19/h2-5H,1,6-10H2,(H2,15,18,19). The fourth-order valence-corrected chi connectivity index (χ4v) is 2.94. The number of nitrogens with two attached hydrogens (primary N) is 1. The zero-order valence-electron chi connectivity index (χ0n) is 11.1. The third-order valence-electron chi connectivity index (χ3n) is 3.30. The molecule has 0 aromatic heterocycles. The number of rotatable bonds is 4. The van der Waals surface area contributed by atoms with Gasteiger partial charge in [-0.05, 0) is 24.3 Å². The third kappa shape index (κ3) is 3.96. The summed E-state index contributed by atoms with van der Waals surface area (Å²) in [5.41, 5.74) is 1.00. The Bertz CT molecular complexity index is 578. The van der Waals surface area contributed by atoms with Crippen LogP contribution in [0.15, 0.2) is 40.8 Å². The molecule has 110 valence electrons. The van der Waals surface area contributed by atoms with Crippen molar-refractivity contribution in [2.24, 2.45) is 5.14 Å². The lowest BCUT2D eigenvalue weighted by Gasteiger charge is -2.36. The molecule has 0 aliphatic carbocycles. The second-order valence-corrected chi connectivity index (χ2v) is 6.92. The molecule has 0 radical (unpaired) electrons. The van der Waals surface area contributed by atoms with Crippen molar-refractivity contribution in [2.75, 3.05) is 37.6 Å². The van der Waals surface area contributed by atoms with Gasteiger partial charge < -0.3 is 4.90 Å². The average Bonchev–Trinajstić information content (AvgIpc) is 2.38. The van der Waals surface area contributed by atoms with Crippen molar-refractivity contribution < 1.29 is 8.42 Å². The largest absolute Gasteiger partial charge is 0.369 e. The molecule has 0 saturated carbocycles. The first-order chi connectivity index (χ1) is 9.36. The summed E-state index contributed by atoms with van der Waals surface area (Å²) in [6, 6.07) is 6.65. The van der Waals surface area contributed by atoms with E-state index < -0.39 is 10.0 Å². The molecule has 1 fully saturated rings. The lowest BCUT2D eigenvalue weighted by Crippen LogP contribution is -2.46. The number of primary sulfonamides is 1. The van der Waals surface area contributed by atoms with E-state index in [2.05, 4.69) is 16.4 Å². The van der Waals surface area contributed by atoms with Crippen molar-refractivity contribution >= 4 is 27.3 Å². The first-order valence-corrected chi connectivity index (χ1v) is 8.22. The van der Waals surface area contributed by atoms with E-state index in [-0.39, 0.29) is 4.90 Å². The molecule has 1 saturated heterocycles. The molecule has 1 heterocycles. The molecule has 5 nitrogen and oxygen atoms in total. The Morgan fingerprint density at radius 3 is 2.20 bits per heavy atom. The maximum absolute atomic E-state index is 11.2. The van der Waals surface area contributed by atoms with E-state index >= 15 is 0 Å². The lowest BCUT2D eigenvalue weighted by atomic mass is 10.2. The fraction of sp³-hybridized carbons (Fsp3) is 0.385. The molecule has 0 unspecified atom stereocenters. The molecule has 2 N–H and O–H groups in total. The van der Waals surface area contributed by atoms with Crippen molar-refractivity contribution in [3.8, 4) is 0 Å². The van der Waals surface area contributed by atoms with Crippen LogP contribution in [0.1, 0.15) is 0 Å². The first-order valence-electron chi connectivity index (χ1n) is 6.30. The Balaban J connectivity index is 1.99. The molecular weight excluding hydrogens is 298 g/mol. The predicted molar refractivity (Wildman–Crippen MR) is 81.5 cm³/mol. The summed E-state index contributed by atoms with van der Waals surface area (Å²) in [7, 11) is -3.62. The molecular formula is C13H18ClN3O2S. The van der Waals surface area contributed by atoms with E-state index in [4.69, 9.17) is 16.7 Å². The van der Waals surface area contributed by atoms with Gasteiger partial charge in [0.1, 0.15) is 0 Å². The van der Waals surface area contributed by atoms with E-state index in [9.17, 15) is 8.42 Å². The molecule has 1 aliphatic heterocycles. The van der Waals surface area contributed by atoms with Gasteiger partial charge >= 0.3 is 0 Å². The normalized spacial score (nSPS) is 17.2. The monoisotopic (exact) mass is 315 g/mol. The van der Waals surface area contributed by atoms with Gasteiger partial charge in [-0.1, -0.05) is 18.2 Å². The van der Waals surface area contributed by atoms with Crippen LogP contribution in [0.25, 0.3) is 0 Å². The number of piperazine rings is 1. The van der Waals surface area contributed by atoms with Crippen LogP contribution < -0.4 is 10.0 Å². The molecule has 0 amide bonds. The third-order valence-corrected chi connectivity index (χ3v) is 4.35. The number of nitrogens with zero attached hydrogens (tertiary/aromatic N) is 2. The topological polar surface area (TPSA) is 66.6 Å². The molecule has 0 bridgehead atoms. The molecule has 2 rings (SSSR count). The Labute approximate surface area is 124 Å². The number of sulfonamides is 1. The molecule has 1 aromatic carbocycles. The fourth-order valence-electron chi connectivity index (χ4n) is 2.25. The molecule has 1 aliphatic rings. The zero-order chi connectivity index (χ0) is 14.8. The van der Waals surface area contributed by atoms with Crippen molar-refractivity contribution in [2.45, 2.75) is 4.90 Å². The maximum Gasteiger partial charge on any atom is 0.238 e. The van der Waals surface area contributed by atoms with E-state index in [0.717, 1.165) is 31.9 Å². The Hall–Kier alpha value is -1.08. The molecule has 0 atom stereocenters. The molecule has 7 heteroatoms. The summed E-state index contributed by atoms with van der Waals surface area (Å²) in [5.74, 6) is 0. The summed E-state index contributed by atoms with van der Waals surface area (Å²) < 4.78 is 22.4. The zero-order valence-corrected chi connectivity index (χ0v) is 12.7. The van der Waals surface area contributed by atoms with Crippen LogP contribution in [-0.2, 0) is 10.0 Å². The van der Waals surface area contributed by atoms with Crippen LogP contribution in [0.3, 0.4) is 0 Å². The van der Waals surface area contributed by atoms with Crippen LogP contribution >= 0.6 is 11.6 Å². The minimum atomic E-state index is -3.62. The van der Waals surface area contributed by atoms with Crippen molar-refractivity contribution in [1.29, 1.82) is 0 Å².